The Kier molecular flexibility index (Phi) is 5.54. The molecule has 0 spiro atoms. The molecular formula is C18H17ClN2OS2. The molecule has 3 rings (SSSR count). The lowest BCUT2D eigenvalue weighted by atomic mass is 10.2. The van der Waals surface area contributed by atoms with Gasteiger partial charge >= 0.3 is 0 Å². The van der Waals surface area contributed by atoms with Crippen LogP contribution in [0, 0.1) is 5.92 Å². The van der Waals surface area contributed by atoms with Gasteiger partial charge in [0.05, 0.1) is 16.6 Å². The van der Waals surface area contributed by atoms with E-state index in [9.17, 15) is 4.79 Å². The molecule has 0 N–H and O–H groups in total. The van der Waals surface area contributed by atoms with Crippen molar-refractivity contribution in [1.29, 1.82) is 0 Å². The van der Waals surface area contributed by atoms with E-state index in [0.717, 1.165) is 11.4 Å². The van der Waals surface area contributed by atoms with E-state index in [0.29, 0.717) is 27.0 Å². The minimum absolute atomic E-state index is 0.0736. The van der Waals surface area contributed by atoms with Crippen LogP contribution < -0.4 is 5.56 Å². The van der Waals surface area contributed by atoms with Crippen LogP contribution in [0.2, 0.25) is 5.02 Å². The third-order valence-electron chi connectivity index (χ3n) is 3.35. The van der Waals surface area contributed by atoms with Gasteiger partial charge in [0, 0.05) is 10.8 Å². The fraction of sp³-hybridized carbons (Fsp3) is 0.222. The second-order valence-electron chi connectivity index (χ2n) is 5.79. The average Bonchev–Trinajstić information content (AvgIpc) is 2.55. The maximum Gasteiger partial charge on any atom is 0.266 e. The van der Waals surface area contributed by atoms with Crippen LogP contribution in [0.15, 0.2) is 58.5 Å². The zero-order valence-electron chi connectivity index (χ0n) is 13.4. The van der Waals surface area contributed by atoms with Crippen LogP contribution in [-0.4, -0.2) is 15.3 Å². The number of para-hydroxylation sites is 1. The molecule has 6 heteroatoms. The van der Waals surface area contributed by atoms with Gasteiger partial charge in [0.15, 0.2) is 5.16 Å². The van der Waals surface area contributed by atoms with Crippen molar-refractivity contribution in [2.75, 3.05) is 5.75 Å². The smallest absolute Gasteiger partial charge is 0.266 e. The fourth-order valence-electron chi connectivity index (χ4n) is 2.23. The van der Waals surface area contributed by atoms with Crippen molar-refractivity contribution < 1.29 is 0 Å². The Hall–Kier alpha value is -1.43. The highest BCUT2D eigenvalue weighted by Crippen LogP contribution is 2.32. The SMILES string of the molecule is CC(C)CSSc1nc2ccccc2c(=O)n1-c1cccc(Cl)c1. The fourth-order valence-corrected chi connectivity index (χ4v) is 4.93. The third-order valence-corrected chi connectivity index (χ3v) is 6.13. The van der Waals surface area contributed by atoms with E-state index in [1.54, 1.807) is 33.6 Å². The second kappa shape index (κ2) is 7.64. The maximum absolute atomic E-state index is 13.0. The summed E-state index contributed by atoms with van der Waals surface area (Å²) < 4.78 is 1.65. The Bertz CT molecular complexity index is 924. The molecule has 0 saturated heterocycles. The number of hydrogen-bond donors (Lipinski definition) is 0. The molecule has 0 atom stereocenters. The molecule has 0 aliphatic carbocycles. The van der Waals surface area contributed by atoms with Crippen LogP contribution in [0.25, 0.3) is 16.6 Å². The molecular weight excluding hydrogens is 360 g/mol. The van der Waals surface area contributed by atoms with Crippen molar-refractivity contribution in [3.63, 3.8) is 0 Å². The largest absolute Gasteiger partial charge is 0.268 e. The lowest BCUT2D eigenvalue weighted by Gasteiger charge is -2.13. The van der Waals surface area contributed by atoms with E-state index in [4.69, 9.17) is 16.6 Å². The highest BCUT2D eigenvalue weighted by atomic mass is 35.5. The number of benzene rings is 2. The summed E-state index contributed by atoms with van der Waals surface area (Å²) in [6, 6.07) is 14.7. The van der Waals surface area contributed by atoms with Gasteiger partial charge in [0.2, 0.25) is 0 Å². The van der Waals surface area contributed by atoms with Gasteiger partial charge < -0.3 is 0 Å². The van der Waals surface area contributed by atoms with Gasteiger partial charge in [-0.25, -0.2) is 4.98 Å². The van der Waals surface area contributed by atoms with Gasteiger partial charge in [-0.1, -0.05) is 54.4 Å². The van der Waals surface area contributed by atoms with E-state index < -0.39 is 0 Å². The van der Waals surface area contributed by atoms with E-state index in [1.165, 1.54) is 10.8 Å². The van der Waals surface area contributed by atoms with Crippen LogP contribution >= 0.6 is 33.2 Å². The highest BCUT2D eigenvalue weighted by Gasteiger charge is 2.14. The molecule has 0 aliphatic heterocycles. The van der Waals surface area contributed by atoms with E-state index in [-0.39, 0.29) is 5.56 Å². The number of nitrogens with zero attached hydrogens (tertiary/aromatic N) is 2. The Morgan fingerprint density at radius 2 is 1.96 bits per heavy atom. The molecule has 2 aromatic carbocycles. The summed E-state index contributed by atoms with van der Waals surface area (Å²) in [4.78, 5) is 17.7. The van der Waals surface area contributed by atoms with Crippen molar-refractivity contribution >= 4 is 44.1 Å². The Morgan fingerprint density at radius 1 is 1.17 bits per heavy atom. The molecule has 0 amide bonds. The summed E-state index contributed by atoms with van der Waals surface area (Å²) in [5, 5.41) is 1.88. The Balaban J connectivity index is 2.16. The molecule has 0 fully saturated rings. The van der Waals surface area contributed by atoms with Crippen molar-refractivity contribution in [2.24, 2.45) is 5.92 Å². The molecule has 0 unspecified atom stereocenters. The number of halogens is 1. The van der Waals surface area contributed by atoms with Gasteiger partial charge in [-0.2, -0.15) is 0 Å². The summed E-state index contributed by atoms with van der Waals surface area (Å²) in [5.41, 5.74) is 1.38. The first-order valence-electron chi connectivity index (χ1n) is 7.63. The zero-order chi connectivity index (χ0) is 17.1. The number of hydrogen-bond acceptors (Lipinski definition) is 4. The summed E-state index contributed by atoms with van der Waals surface area (Å²) in [5.74, 6) is 1.57. The molecule has 0 aliphatic rings. The van der Waals surface area contributed by atoms with Crippen molar-refractivity contribution in [3.05, 3.63) is 63.9 Å². The average molecular weight is 377 g/mol. The predicted molar refractivity (Wildman–Crippen MR) is 106 cm³/mol. The van der Waals surface area contributed by atoms with Gasteiger partial charge in [-0.15, -0.1) is 0 Å². The third kappa shape index (κ3) is 3.79. The van der Waals surface area contributed by atoms with Crippen LogP contribution in [0.4, 0.5) is 0 Å². The quantitative estimate of drug-likeness (QED) is 0.439. The number of rotatable bonds is 5. The first-order valence-corrected chi connectivity index (χ1v) is 10.3. The Morgan fingerprint density at radius 3 is 2.71 bits per heavy atom. The van der Waals surface area contributed by atoms with Gasteiger partial charge in [-0.05, 0) is 47.0 Å². The summed E-state index contributed by atoms with van der Waals surface area (Å²) >= 11 is 6.12. The maximum atomic E-state index is 13.0. The van der Waals surface area contributed by atoms with Gasteiger partial charge in [0.25, 0.3) is 5.56 Å². The summed E-state index contributed by atoms with van der Waals surface area (Å²) in [6.07, 6.45) is 0. The molecule has 0 saturated carbocycles. The minimum atomic E-state index is -0.0736. The summed E-state index contributed by atoms with van der Waals surface area (Å²) in [7, 11) is 3.24. The standard InChI is InChI=1S/C18H17ClN2OS2/c1-12(2)11-23-24-18-20-16-9-4-3-8-15(16)17(22)21(18)14-7-5-6-13(19)10-14/h3-10,12H,11H2,1-2H3. The minimum Gasteiger partial charge on any atom is -0.268 e. The van der Waals surface area contributed by atoms with Crippen molar-refractivity contribution in [3.8, 4) is 5.69 Å². The molecule has 0 radical (unpaired) electrons. The van der Waals surface area contributed by atoms with Crippen LogP contribution in [-0.2, 0) is 0 Å². The lowest BCUT2D eigenvalue weighted by Crippen LogP contribution is -2.21. The highest BCUT2D eigenvalue weighted by molar-refractivity contribution is 8.76. The van der Waals surface area contributed by atoms with E-state index in [2.05, 4.69) is 13.8 Å². The first kappa shape index (κ1) is 17.4. The molecule has 1 heterocycles. The number of fused-ring (bicyclic) bond motifs is 1. The molecule has 1 aromatic heterocycles. The summed E-state index contributed by atoms with van der Waals surface area (Å²) in [6.45, 7) is 4.34. The van der Waals surface area contributed by atoms with Gasteiger partial charge in [0.1, 0.15) is 0 Å². The lowest BCUT2D eigenvalue weighted by molar-refractivity contribution is 0.752. The zero-order valence-corrected chi connectivity index (χ0v) is 15.8. The monoisotopic (exact) mass is 376 g/mol. The topological polar surface area (TPSA) is 34.9 Å². The first-order chi connectivity index (χ1) is 11.6. The molecule has 3 aromatic rings. The normalized spacial score (nSPS) is 11.3. The Labute approximate surface area is 153 Å². The number of aromatic nitrogens is 2. The van der Waals surface area contributed by atoms with Crippen LogP contribution in [0.5, 0.6) is 0 Å². The predicted octanol–water partition coefficient (Wildman–Crippen LogP) is 5.44. The molecule has 0 bridgehead atoms. The van der Waals surface area contributed by atoms with E-state index >= 15 is 0 Å². The van der Waals surface area contributed by atoms with Gasteiger partial charge in [-0.3, -0.25) is 9.36 Å². The second-order valence-corrected chi connectivity index (χ2v) is 8.54. The molecule has 124 valence electrons. The van der Waals surface area contributed by atoms with Crippen molar-refractivity contribution in [1.82, 2.24) is 9.55 Å². The van der Waals surface area contributed by atoms with Crippen LogP contribution in [0.1, 0.15) is 13.8 Å². The molecule has 24 heavy (non-hydrogen) atoms. The van der Waals surface area contributed by atoms with Crippen LogP contribution in [0.3, 0.4) is 0 Å². The molecule has 3 nitrogen and oxygen atoms in total. The van der Waals surface area contributed by atoms with E-state index in [1.807, 2.05) is 30.3 Å². The van der Waals surface area contributed by atoms with Crippen molar-refractivity contribution in [2.45, 2.75) is 19.0 Å².